The van der Waals surface area contributed by atoms with Crippen LogP contribution in [0.1, 0.15) is 5.56 Å². The second kappa shape index (κ2) is 5.50. The summed E-state index contributed by atoms with van der Waals surface area (Å²) < 4.78 is 4.99. The molecule has 0 bridgehead atoms. The summed E-state index contributed by atoms with van der Waals surface area (Å²) in [6.07, 6.45) is 5.07. The molecule has 0 radical (unpaired) electrons. The number of halogens is 1. The van der Waals surface area contributed by atoms with E-state index in [1.165, 1.54) is 0 Å². The smallest absolute Gasteiger partial charge is 0.212 e. The summed E-state index contributed by atoms with van der Waals surface area (Å²) in [6.45, 7) is 0.653. The molecular weight excluding hydrogens is 238 g/mol. The average molecular weight is 250 g/mol. The van der Waals surface area contributed by atoms with Crippen LogP contribution in [0.25, 0.3) is 0 Å². The lowest BCUT2D eigenvalue weighted by Gasteiger charge is -2.07. The average Bonchev–Trinajstić information content (AvgIpc) is 2.38. The standard InChI is InChI=1S/C12H12ClN3O/c1-17-12-3-2-9(7-16-12)6-15-11-4-5-14-8-10(11)13/h2-5,7-8H,6H2,1H3,(H,14,15). The molecule has 0 unspecified atom stereocenters. The zero-order valence-electron chi connectivity index (χ0n) is 9.35. The predicted molar refractivity (Wildman–Crippen MR) is 67.4 cm³/mol. The fourth-order valence-corrected chi connectivity index (χ4v) is 1.54. The Balaban J connectivity index is 2.00. The Kier molecular flexibility index (Phi) is 3.77. The molecule has 2 heterocycles. The number of nitrogens with one attached hydrogen (secondary N) is 1. The van der Waals surface area contributed by atoms with Gasteiger partial charge in [-0.2, -0.15) is 0 Å². The third kappa shape index (κ3) is 3.07. The van der Waals surface area contributed by atoms with Gasteiger partial charge in [-0.15, -0.1) is 0 Å². The minimum Gasteiger partial charge on any atom is -0.481 e. The van der Waals surface area contributed by atoms with Crippen LogP contribution in [-0.2, 0) is 6.54 Å². The molecule has 5 heteroatoms. The van der Waals surface area contributed by atoms with E-state index in [1.807, 2.05) is 18.2 Å². The van der Waals surface area contributed by atoms with Crippen molar-refractivity contribution in [1.29, 1.82) is 0 Å². The number of methoxy groups -OCH3 is 1. The molecule has 0 aliphatic carbocycles. The second-order valence-electron chi connectivity index (χ2n) is 3.42. The maximum Gasteiger partial charge on any atom is 0.212 e. The minimum absolute atomic E-state index is 0.606. The highest BCUT2D eigenvalue weighted by molar-refractivity contribution is 6.33. The van der Waals surface area contributed by atoms with Crippen LogP contribution in [0.5, 0.6) is 5.88 Å². The van der Waals surface area contributed by atoms with E-state index in [-0.39, 0.29) is 0 Å². The van der Waals surface area contributed by atoms with E-state index in [0.29, 0.717) is 17.4 Å². The van der Waals surface area contributed by atoms with Gasteiger partial charge in [0.15, 0.2) is 0 Å². The molecule has 0 atom stereocenters. The van der Waals surface area contributed by atoms with Gasteiger partial charge in [0, 0.05) is 31.2 Å². The highest BCUT2D eigenvalue weighted by Gasteiger charge is 1.99. The Labute approximate surface area is 105 Å². The van der Waals surface area contributed by atoms with Crippen LogP contribution in [0.3, 0.4) is 0 Å². The van der Waals surface area contributed by atoms with E-state index >= 15 is 0 Å². The van der Waals surface area contributed by atoms with Crippen molar-refractivity contribution in [1.82, 2.24) is 9.97 Å². The molecule has 0 fully saturated rings. The van der Waals surface area contributed by atoms with Crippen LogP contribution in [0, 0.1) is 0 Å². The molecule has 0 aliphatic rings. The van der Waals surface area contributed by atoms with Crippen LogP contribution in [0.4, 0.5) is 5.69 Å². The van der Waals surface area contributed by atoms with Gasteiger partial charge in [-0.1, -0.05) is 17.7 Å². The van der Waals surface area contributed by atoms with Gasteiger partial charge in [0.2, 0.25) is 5.88 Å². The minimum atomic E-state index is 0.606. The van der Waals surface area contributed by atoms with Gasteiger partial charge in [-0.05, 0) is 11.6 Å². The number of nitrogens with zero attached hydrogens (tertiary/aromatic N) is 2. The van der Waals surface area contributed by atoms with Crippen molar-refractivity contribution in [2.24, 2.45) is 0 Å². The molecule has 0 spiro atoms. The van der Waals surface area contributed by atoms with E-state index in [1.54, 1.807) is 25.7 Å². The van der Waals surface area contributed by atoms with Crippen molar-refractivity contribution in [2.45, 2.75) is 6.54 Å². The highest BCUT2D eigenvalue weighted by Crippen LogP contribution is 2.19. The maximum absolute atomic E-state index is 5.98. The van der Waals surface area contributed by atoms with Crippen molar-refractivity contribution in [3.05, 3.63) is 47.4 Å². The summed E-state index contributed by atoms with van der Waals surface area (Å²) in [4.78, 5) is 8.05. The first-order valence-corrected chi connectivity index (χ1v) is 5.49. The quantitative estimate of drug-likeness (QED) is 0.905. The maximum atomic E-state index is 5.98. The van der Waals surface area contributed by atoms with E-state index in [4.69, 9.17) is 16.3 Å². The molecule has 17 heavy (non-hydrogen) atoms. The van der Waals surface area contributed by atoms with E-state index in [0.717, 1.165) is 11.3 Å². The summed E-state index contributed by atoms with van der Waals surface area (Å²) in [5, 5.41) is 3.82. The molecule has 2 aromatic rings. The number of pyridine rings is 2. The molecule has 4 nitrogen and oxygen atoms in total. The van der Waals surface area contributed by atoms with Gasteiger partial charge in [0.05, 0.1) is 17.8 Å². The molecule has 2 rings (SSSR count). The van der Waals surface area contributed by atoms with Crippen LogP contribution < -0.4 is 10.1 Å². The van der Waals surface area contributed by atoms with Crippen molar-refractivity contribution >= 4 is 17.3 Å². The molecule has 0 saturated heterocycles. The number of hydrogen-bond acceptors (Lipinski definition) is 4. The second-order valence-corrected chi connectivity index (χ2v) is 3.83. The van der Waals surface area contributed by atoms with Crippen molar-refractivity contribution in [3.63, 3.8) is 0 Å². The van der Waals surface area contributed by atoms with E-state index in [9.17, 15) is 0 Å². The Bertz CT molecular complexity index is 487. The Hall–Kier alpha value is -1.81. The van der Waals surface area contributed by atoms with Crippen molar-refractivity contribution in [3.8, 4) is 5.88 Å². The monoisotopic (exact) mass is 249 g/mol. The highest BCUT2D eigenvalue weighted by atomic mass is 35.5. The normalized spacial score (nSPS) is 10.0. The molecule has 2 aromatic heterocycles. The van der Waals surface area contributed by atoms with Gasteiger partial charge < -0.3 is 10.1 Å². The number of aromatic nitrogens is 2. The Morgan fingerprint density at radius 1 is 1.29 bits per heavy atom. The summed E-state index contributed by atoms with van der Waals surface area (Å²) in [7, 11) is 1.59. The first-order chi connectivity index (χ1) is 8.29. The molecule has 1 N–H and O–H groups in total. The van der Waals surface area contributed by atoms with Gasteiger partial charge in [0.1, 0.15) is 0 Å². The lowest BCUT2D eigenvalue weighted by molar-refractivity contribution is 0.397. The van der Waals surface area contributed by atoms with Gasteiger partial charge >= 0.3 is 0 Å². The molecule has 0 aliphatic heterocycles. The zero-order valence-corrected chi connectivity index (χ0v) is 10.1. The van der Waals surface area contributed by atoms with Crippen LogP contribution in [-0.4, -0.2) is 17.1 Å². The molecular formula is C12H12ClN3O. The molecule has 0 saturated carbocycles. The summed E-state index contributed by atoms with van der Waals surface area (Å²) >= 11 is 5.98. The summed E-state index contributed by atoms with van der Waals surface area (Å²) in [5.41, 5.74) is 1.91. The van der Waals surface area contributed by atoms with Crippen LogP contribution in [0.15, 0.2) is 36.8 Å². The van der Waals surface area contributed by atoms with Crippen molar-refractivity contribution in [2.75, 3.05) is 12.4 Å². The Morgan fingerprint density at radius 2 is 2.18 bits per heavy atom. The topological polar surface area (TPSA) is 47.0 Å². The summed E-state index contributed by atoms with van der Waals surface area (Å²) in [6, 6.07) is 5.61. The van der Waals surface area contributed by atoms with Crippen molar-refractivity contribution < 1.29 is 4.74 Å². The first kappa shape index (κ1) is 11.7. The third-order valence-electron chi connectivity index (χ3n) is 2.26. The summed E-state index contributed by atoms with van der Waals surface area (Å²) in [5.74, 6) is 0.607. The first-order valence-electron chi connectivity index (χ1n) is 5.12. The molecule has 0 amide bonds. The molecule has 88 valence electrons. The number of hydrogen-bond donors (Lipinski definition) is 1. The van der Waals surface area contributed by atoms with Gasteiger partial charge in [-0.3, -0.25) is 4.98 Å². The van der Waals surface area contributed by atoms with E-state index in [2.05, 4.69) is 15.3 Å². The number of ether oxygens (including phenoxy) is 1. The van der Waals surface area contributed by atoms with Gasteiger partial charge in [0.25, 0.3) is 0 Å². The lowest BCUT2D eigenvalue weighted by atomic mass is 10.3. The Morgan fingerprint density at radius 3 is 2.82 bits per heavy atom. The third-order valence-corrected chi connectivity index (χ3v) is 2.56. The van der Waals surface area contributed by atoms with Crippen LogP contribution in [0.2, 0.25) is 5.02 Å². The predicted octanol–water partition coefficient (Wildman–Crippen LogP) is 2.75. The van der Waals surface area contributed by atoms with E-state index < -0.39 is 0 Å². The fourth-order valence-electron chi connectivity index (χ4n) is 1.35. The van der Waals surface area contributed by atoms with Gasteiger partial charge in [-0.25, -0.2) is 4.98 Å². The fraction of sp³-hybridized carbons (Fsp3) is 0.167. The number of anilines is 1. The number of rotatable bonds is 4. The zero-order chi connectivity index (χ0) is 12.1. The van der Waals surface area contributed by atoms with Crippen LogP contribution >= 0.6 is 11.6 Å². The SMILES string of the molecule is COc1ccc(CNc2ccncc2Cl)cn1. The lowest BCUT2D eigenvalue weighted by Crippen LogP contribution is -2.00. The molecule has 0 aromatic carbocycles. The largest absolute Gasteiger partial charge is 0.481 e.